The topological polar surface area (TPSA) is 118 Å². The summed E-state index contributed by atoms with van der Waals surface area (Å²) in [5, 5.41) is 21.0. The van der Waals surface area contributed by atoms with Gasteiger partial charge in [-0.3, -0.25) is 9.78 Å². The van der Waals surface area contributed by atoms with Crippen LogP contribution < -0.4 is 20.3 Å². The summed E-state index contributed by atoms with van der Waals surface area (Å²) >= 11 is 0. The number of pyridine rings is 2. The monoisotopic (exact) mass is 519 g/mol. The number of nitriles is 1. The van der Waals surface area contributed by atoms with Crippen molar-refractivity contribution in [3.8, 4) is 17.7 Å². The molecular weight excluding hydrogens is 493 g/mol. The standard InChI is InChI=1S/C23H25N7O3.2ClH/c24-13-16-11-20-19(26-14-16)1-2-22(31)30(20)8-7-29-5-3-17(4-6-29)25-15-18-12-21-23(28-27-18)33-10-9-32-21;;/h1-2,11-12,14,17,25H,3-10,15H2;2*1H. The van der Waals surface area contributed by atoms with Crippen molar-refractivity contribution >= 4 is 35.8 Å². The summed E-state index contributed by atoms with van der Waals surface area (Å²) in [7, 11) is 0. The van der Waals surface area contributed by atoms with E-state index in [1.165, 1.54) is 12.3 Å². The molecule has 0 amide bonds. The number of hydrogen-bond donors (Lipinski definition) is 1. The van der Waals surface area contributed by atoms with Crippen molar-refractivity contribution in [2.75, 3.05) is 32.8 Å². The lowest BCUT2D eigenvalue weighted by Gasteiger charge is -2.32. The Morgan fingerprint density at radius 2 is 1.89 bits per heavy atom. The molecule has 1 N–H and O–H groups in total. The van der Waals surface area contributed by atoms with E-state index >= 15 is 0 Å². The molecule has 186 valence electrons. The van der Waals surface area contributed by atoms with Gasteiger partial charge >= 0.3 is 0 Å². The van der Waals surface area contributed by atoms with Gasteiger partial charge in [0.25, 0.3) is 11.4 Å². The molecular formula is C23H27Cl2N7O3. The maximum Gasteiger partial charge on any atom is 0.276 e. The van der Waals surface area contributed by atoms with Crippen LogP contribution in [0.15, 0.2) is 35.3 Å². The fourth-order valence-electron chi connectivity index (χ4n) is 4.29. The molecule has 0 aromatic carbocycles. The average Bonchev–Trinajstić information content (AvgIpc) is 2.87. The molecule has 0 atom stereocenters. The highest BCUT2D eigenvalue weighted by Gasteiger charge is 2.20. The number of ether oxygens (including phenoxy) is 2. The van der Waals surface area contributed by atoms with Crippen molar-refractivity contribution in [1.82, 2.24) is 30.0 Å². The molecule has 5 rings (SSSR count). The van der Waals surface area contributed by atoms with Crippen LogP contribution in [0.2, 0.25) is 0 Å². The van der Waals surface area contributed by atoms with Crippen LogP contribution in [0, 0.1) is 11.3 Å². The van der Waals surface area contributed by atoms with Crippen molar-refractivity contribution < 1.29 is 9.47 Å². The van der Waals surface area contributed by atoms with Crippen LogP contribution >= 0.6 is 24.8 Å². The van der Waals surface area contributed by atoms with Crippen LogP contribution in [0.1, 0.15) is 24.1 Å². The summed E-state index contributed by atoms with van der Waals surface area (Å²) in [6, 6.07) is 9.37. The zero-order valence-electron chi connectivity index (χ0n) is 19.1. The molecule has 12 heteroatoms. The molecule has 0 aliphatic carbocycles. The van der Waals surface area contributed by atoms with Crippen molar-refractivity contribution in [2.45, 2.75) is 32.0 Å². The molecule has 0 spiro atoms. The van der Waals surface area contributed by atoms with Crippen LogP contribution in [0.25, 0.3) is 11.0 Å². The molecule has 2 aliphatic heterocycles. The van der Waals surface area contributed by atoms with Crippen molar-refractivity contribution in [2.24, 2.45) is 0 Å². The highest BCUT2D eigenvalue weighted by molar-refractivity contribution is 5.85. The maximum atomic E-state index is 12.5. The van der Waals surface area contributed by atoms with Gasteiger partial charge in [0.2, 0.25) is 0 Å². The third kappa shape index (κ3) is 6.18. The van der Waals surface area contributed by atoms with Gasteiger partial charge in [-0.05, 0) is 38.1 Å². The second-order valence-electron chi connectivity index (χ2n) is 8.26. The summed E-state index contributed by atoms with van der Waals surface area (Å²) in [5.41, 5.74) is 2.65. The van der Waals surface area contributed by atoms with Crippen LogP contribution in [0.5, 0.6) is 11.6 Å². The third-order valence-electron chi connectivity index (χ3n) is 6.12. The number of fused-ring (bicyclic) bond motifs is 2. The Hall–Kier alpha value is -2.97. The Bertz CT molecular complexity index is 1260. The number of aromatic nitrogens is 4. The number of nitrogens with zero attached hydrogens (tertiary/aromatic N) is 6. The summed E-state index contributed by atoms with van der Waals surface area (Å²) in [5.74, 6) is 1.12. The third-order valence-corrected chi connectivity index (χ3v) is 6.12. The molecule has 0 radical (unpaired) electrons. The summed E-state index contributed by atoms with van der Waals surface area (Å²) in [4.78, 5) is 19.1. The molecule has 0 bridgehead atoms. The van der Waals surface area contributed by atoms with Crippen LogP contribution in [0.4, 0.5) is 0 Å². The minimum Gasteiger partial charge on any atom is -0.484 e. The molecule has 35 heavy (non-hydrogen) atoms. The van der Waals surface area contributed by atoms with Gasteiger partial charge in [-0.25, -0.2) is 0 Å². The second-order valence-corrected chi connectivity index (χ2v) is 8.26. The van der Waals surface area contributed by atoms with Crippen LogP contribution in [0.3, 0.4) is 0 Å². The smallest absolute Gasteiger partial charge is 0.276 e. The fourth-order valence-corrected chi connectivity index (χ4v) is 4.29. The molecule has 1 fully saturated rings. The number of likely N-dealkylation sites (tertiary alicyclic amines) is 1. The van der Waals surface area contributed by atoms with Gasteiger partial charge in [0, 0.05) is 44.0 Å². The highest BCUT2D eigenvalue weighted by Crippen LogP contribution is 2.26. The average molecular weight is 520 g/mol. The summed E-state index contributed by atoms with van der Waals surface area (Å²) in [6.07, 6.45) is 3.57. The minimum atomic E-state index is -0.0727. The van der Waals surface area contributed by atoms with E-state index in [2.05, 4.69) is 31.5 Å². The van der Waals surface area contributed by atoms with Crippen molar-refractivity contribution in [3.05, 3.63) is 52.1 Å². The number of rotatable bonds is 6. The molecule has 10 nitrogen and oxygen atoms in total. The number of hydrogen-bond acceptors (Lipinski definition) is 9. The quantitative estimate of drug-likeness (QED) is 0.520. The van der Waals surface area contributed by atoms with E-state index in [-0.39, 0.29) is 30.4 Å². The largest absolute Gasteiger partial charge is 0.484 e. The number of halogens is 2. The molecule has 1 saturated heterocycles. The molecule has 2 aliphatic rings. The predicted octanol–water partition coefficient (Wildman–Crippen LogP) is 1.93. The van der Waals surface area contributed by atoms with Gasteiger partial charge in [-0.2, -0.15) is 10.4 Å². The van der Waals surface area contributed by atoms with Gasteiger partial charge in [-0.1, -0.05) is 0 Å². The number of nitrogens with one attached hydrogen (secondary N) is 1. The molecule has 3 aromatic rings. The normalized spacial score (nSPS) is 15.6. The first-order valence-corrected chi connectivity index (χ1v) is 11.2. The Labute approximate surface area is 215 Å². The number of piperidine rings is 1. The predicted molar refractivity (Wildman–Crippen MR) is 135 cm³/mol. The van der Waals surface area contributed by atoms with Crippen molar-refractivity contribution in [3.63, 3.8) is 0 Å². The van der Waals surface area contributed by atoms with E-state index in [9.17, 15) is 10.1 Å². The lowest BCUT2D eigenvalue weighted by Crippen LogP contribution is -2.43. The van der Waals surface area contributed by atoms with Gasteiger partial charge in [0.05, 0.1) is 22.3 Å². The van der Waals surface area contributed by atoms with Gasteiger partial charge in [0.15, 0.2) is 5.75 Å². The van der Waals surface area contributed by atoms with Gasteiger partial charge < -0.3 is 24.3 Å². The van der Waals surface area contributed by atoms with Crippen LogP contribution in [-0.4, -0.2) is 63.5 Å². The highest BCUT2D eigenvalue weighted by atomic mass is 35.5. The molecule has 3 aromatic heterocycles. The van der Waals surface area contributed by atoms with Gasteiger partial charge in [0.1, 0.15) is 19.3 Å². The van der Waals surface area contributed by atoms with Crippen LogP contribution in [-0.2, 0) is 13.1 Å². The maximum absolute atomic E-state index is 12.5. The first-order valence-electron chi connectivity index (χ1n) is 11.2. The van der Waals surface area contributed by atoms with E-state index in [0.29, 0.717) is 55.1 Å². The van der Waals surface area contributed by atoms with E-state index in [1.807, 2.05) is 6.07 Å². The minimum absolute atomic E-state index is 0. The summed E-state index contributed by atoms with van der Waals surface area (Å²) < 4.78 is 12.7. The van der Waals surface area contributed by atoms with E-state index < -0.39 is 0 Å². The zero-order chi connectivity index (χ0) is 22.6. The Kier molecular flexibility index (Phi) is 9.23. The van der Waals surface area contributed by atoms with E-state index in [1.54, 1.807) is 16.7 Å². The first kappa shape index (κ1) is 26.6. The fraction of sp³-hybridized carbons (Fsp3) is 0.435. The lowest BCUT2D eigenvalue weighted by atomic mass is 10.0. The first-order chi connectivity index (χ1) is 16.2. The van der Waals surface area contributed by atoms with Gasteiger partial charge in [-0.15, -0.1) is 29.9 Å². The van der Waals surface area contributed by atoms with E-state index in [4.69, 9.17) is 9.47 Å². The van der Waals surface area contributed by atoms with Crippen molar-refractivity contribution in [1.29, 1.82) is 5.26 Å². The SMILES string of the molecule is Cl.Cl.N#Cc1cnc2ccc(=O)n(CCN3CCC(NCc4cc5c(nn4)OCCO5)CC3)c2c1. The Morgan fingerprint density at radius 3 is 2.69 bits per heavy atom. The molecule has 0 unspecified atom stereocenters. The zero-order valence-corrected chi connectivity index (χ0v) is 20.7. The Morgan fingerprint density at radius 1 is 1.09 bits per heavy atom. The molecule has 0 saturated carbocycles. The second kappa shape index (κ2) is 12.1. The molecule has 5 heterocycles. The summed E-state index contributed by atoms with van der Waals surface area (Å²) in [6.45, 7) is 4.91. The lowest BCUT2D eigenvalue weighted by molar-refractivity contribution is 0.161. The Balaban J connectivity index is 0.00000171. The van der Waals surface area contributed by atoms with E-state index in [0.717, 1.165) is 43.7 Å².